The maximum absolute atomic E-state index is 13.1. The highest BCUT2D eigenvalue weighted by molar-refractivity contribution is 7.47. The van der Waals surface area contributed by atoms with Gasteiger partial charge in [-0.3, -0.25) is 37.3 Å². The first-order chi connectivity index (χ1) is 47.8. The third-order valence-corrected chi connectivity index (χ3v) is 20.9. The fourth-order valence-corrected chi connectivity index (χ4v) is 13.9. The van der Waals surface area contributed by atoms with Gasteiger partial charge in [0.25, 0.3) is 0 Å². The first-order valence-corrected chi connectivity index (χ1v) is 44.4. The van der Waals surface area contributed by atoms with E-state index >= 15 is 0 Å². The van der Waals surface area contributed by atoms with Crippen LogP contribution >= 0.6 is 15.6 Å². The number of carbonyl (C=O) groups is 4. The molecule has 0 bridgehead atoms. The van der Waals surface area contributed by atoms with Crippen LogP contribution in [0.4, 0.5) is 0 Å². The number of ether oxygens (including phenoxy) is 4. The van der Waals surface area contributed by atoms with Crippen LogP contribution < -0.4 is 0 Å². The number of phosphoric acid groups is 2. The number of aliphatic hydroxyl groups is 1. The van der Waals surface area contributed by atoms with Crippen molar-refractivity contribution < 1.29 is 80.2 Å². The molecule has 6 atom stereocenters. The summed E-state index contributed by atoms with van der Waals surface area (Å²) in [6, 6.07) is 0. The molecule has 0 rings (SSSR count). The zero-order valence-electron chi connectivity index (χ0n) is 65.0. The van der Waals surface area contributed by atoms with Gasteiger partial charge in [0.15, 0.2) is 12.2 Å². The second-order valence-corrected chi connectivity index (χ2v) is 32.9. The summed E-state index contributed by atoms with van der Waals surface area (Å²) in [5.74, 6) is 0.123. The van der Waals surface area contributed by atoms with Gasteiger partial charge < -0.3 is 33.8 Å². The first kappa shape index (κ1) is 97.1. The highest BCUT2D eigenvalue weighted by atomic mass is 31.2. The van der Waals surface area contributed by atoms with Crippen molar-refractivity contribution in [2.75, 3.05) is 39.6 Å². The number of aliphatic hydroxyl groups excluding tert-OH is 1. The third kappa shape index (κ3) is 72.8. The Morgan fingerprint density at radius 3 is 0.768 bits per heavy atom. The molecule has 0 aliphatic heterocycles. The van der Waals surface area contributed by atoms with E-state index in [9.17, 15) is 43.2 Å². The molecule has 0 aliphatic carbocycles. The van der Waals surface area contributed by atoms with Crippen molar-refractivity contribution in [2.45, 2.75) is 433 Å². The Kier molecular flexibility index (Phi) is 69.0. The monoisotopic (exact) mass is 1450 g/mol. The largest absolute Gasteiger partial charge is 0.472 e. The van der Waals surface area contributed by atoms with Crippen molar-refractivity contribution in [3.63, 3.8) is 0 Å². The van der Waals surface area contributed by atoms with Crippen molar-refractivity contribution in [1.29, 1.82) is 0 Å². The van der Waals surface area contributed by atoms with Crippen LogP contribution in [-0.2, 0) is 65.4 Å². The number of hydrogen-bond acceptors (Lipinski definition) is 15. The van der Waals surface area contributed by atoms with Crippen molar-refractivity contribution in [3.05, 3.63) is 0 Å². The molecule has 99 heavy (non-hydrogen) atoms. The van der Waals surface area contributed by atoms with Gasteiger partial charge in [0, 0.05) is 25.7 Å². The van der Waals surface area contributed by atoms with Crippen LogP contribution in [0, 0.1) is 17.8 Å². The highest BCUT2D eigenvalue weighted by Crippen LogP contribution is 2.45. The van der Waals surface area contributed by atoms with E-state index < -0.39 is 97.5 Å². The summed E-state index contributed by atoms with van der Waals surface area (Å²) in [5.41, 5.74) is 0. The van der Waals surface area contributed by atoms with Gasteiger partial charge in [-0.1, -0.05) is 363 Å². The molecule has 0 aromatic carbocycles. The Balaban J connectivity index is 5.20. The molecule has 3 N–H and O–H groups in total. The fourth-order valence-electron chi connectivity index (χ4n) is 12.3. The molecule has 0 aromatic heterocycles. The first-order valence-electron chi connectivity index (χ1n) is 41.4. The second kappa shape index (κ2) is 70.4. The SMILES string of the molecule is CCCCCCCCCCCCCCCCCCCCCCCCC(=O)O[C@H](COC(=O)CCCCCCCCCCCCCCCC(C)C)COP(=O)(O)OC[C@@H](O)COP(=O)(O)OC[C@@H](COC(=O)CCCCCCCCC(C)CC)OC(=O)CCCCCCCCCCC(C)C. The average molecular weight is 1450 g/mol. The van der Waals surface area contributed by atoms with Crippen LogP contribution in [0.25, 0.3) is 0 Å². The van der Waals surface area contributed by atoms with Gasteiger partial charge in [0.05, 0.1) is 26.4 Å². The molecule has 0 aliphatic rings. The van der Waals surface area contributed by atoms with E-state index in [2.05, 4.69) is 48.5 Å². The summed E-state index contributed by atoms with van der Waals surface area (Å²) < 4.78 is 68.6. The summed E-state index contributed by atoms with van der Waals surface area (Å²) >= 11 is 0. The Morgan fingerprint density at radius 1 is 0.293 bits per heavy atom. The van der Waals surface area contributed by atoms with E-state index in [0.717, 1.165) is 114 Å². The predicted octanol–water partition coefficient (Wildman–Crippen LogP) is 23.7. The molecule has 0 aromatic rings. The van der Waals surface area contributed by atoms with Gasteiger partial charge in [-0.2, -0.15) is 0 Å². The Morgan fingerprint density at radius 2 is 0.515 bits per heavy atom. The molecule has 0 saturated heterocycles. The predicted molar refractivity (Wildman–Crippen MR) is 405 cm³/mol. The van der Waals surface area contributed by atoms with Crippen molar-refractivity contribution in [3.8, 4) is 0 Å². The molecule has 0 radical (unpaired) electrons. The lowest BCUT2D eigenvalue weighted by Crippen LogP contribution is -2.30. The Bertz CT molecular complexity index is 1920. The molecule has 0 amide bonds. The topological polar surface area (TPSA) is 237 Å². The molecular weight excluding hydrogens is 1290 g/mol. The number of unbranched alkanes of at least 4 members (excludes halogenated alkanes) is 45. The summed E-state index contributed by atoms with van der Waals surface area (Å²) in [5, 5.41) is 10.6. The number of rotatable bonds is 78. The molecule has 19 heteroatoms. The standard InChI is InChI=1S/C80H156O17P2/c1-8-10-11-12-13-14-15-16-17-18-19-20-21-22-23-24-27-31-34-40-49-56-63-79(84)96-75(67-90-77(82)61-54-47-39-33-30-28-25-26-29-32-37-44-51-58-71(3)4)69-94-98(86,87)92-65-74(81)66-93-99(88,89)95-70-76(68-91-78(83)62-55-48-43-42-46-53-60-73(7)9-2)97-80(85)64-57-50-41-36-35-38-45-52-59-72(5)6/h71-76,81H,8-70H2,1-7H3,(H,86,87)(H,88,89)/t73?,74-,75-,76-/m1/s1. The molecule has 17 nitrogen and oxygen atoms in total. The van der Waals surface area contributed by atoms with Crippen LogP contribution in [0.1, 0.15) is 414 Å². The van der Waals surface area contributed by atoms with Gasteiger partial charge in [0.1, 0.15) is 19.3 Å². The molecule has 0 spiro atoms. The summed E-state index contributed by atoms with van der Waals surface area (Å²) in [4.78, 5) is 72.9. The average Bonchev–Trinajstić information content (AvgIpc) is 1.69. The third-order valence-electron chi connectivity index (χ3n) is 19.0. The van der Waals surface area contributed by atoms with Crippen LogP contribution in [0.2, 0.25) is 0 Å². The zero-order valence-corrected chi connectivity index (χ0v) is 66.8. The summed E-state index contributed by atoms with van der Waals surface area (Å²) in [7, 11) is -9.92. The number of hydrogen-bond donors (Lipinski definition) is 3. The zero-order chi connectivity index (χ0) is 73.0. The molecular formula is C80H156O17P2. The maximum atomic E-state index is 13.1. The molecule has 0 fully saturated rings. The molecule has 588 valence electrons. The van der Waals surface area contributed by atoms with E-state index in [4.69, 9.17) is 37.0 Å². The van der Waals surface area contributed by atoms with E-state index in [-0.39, 0.29) is 25.7 Å². The summed E-state index contributed by atoms with van der Waals surface area (Å²) in [6.07, 6.45) is 58.6. The van der Waals surface area contributed by atoms with E-state index in [1.807, 2.05) is 0 Å². The van der Waals surface area contributed by atoms with Gasteiger partial charge in [-0.05, 0) is 43.4 Å². The normalized spacial score (nSPS) is 14.3. The number of phosphoric ester groups is 2. The molecule has 0 heterocycles. The van der Waals surface area contributed by atoms with Crippen LogP contribution in [0.5, 0.6) is 0 Å². The lowest BCUT2D eigenvalue weighted by Gasteiger charge is -2.21. The minimum Gasteiger partial charge on any atom is -0.462 e. The second-order valence-electron chi connectivity index (χ2n) is 30.0. The van der Waals surface area contributed by atoms with Crippen LogP contribution in [0.15, 0.2) is 0 Å². The maximum Gasteiger partial charge on any atom is 0.472 e. The molecule has 0 saturated carbocycles. The smallest absolute Gasteiger partial charge is 0.462 e. The number of carbonyl (C=O) groups excluding carboxylic acids is 4. The lowest BCUT2D eigenvalue weighted by molar-refractivity contribution is -0.161. The lowest BCUT2D eigenvalue weighted by atomic mass is 10.00. The Labute approximate surface area is 607 Å². The van der Waals surface area contributed by atoms with Crippen molar-refractivity contribution >= 4 is 39.5 Å². The fraction of sp³-hybridized carbons (Fsp3) is 0.950. The van der Waals surface area contributed by atoms with Crippen molar-refractivity contribution in [1.82, 2.24) is 0 Å². The Hall–Kier alpha value is -1.94. The quantitative estimate of drug-likeness (QED) is 0.0222. The van der Waals surface area contributed by atoms with Gasteiger partial charge in [-0.15, -0.1) is 0 Å². The summed E-state index contributed by atoms with van der Waals surface area (Å²) in [6.45, 7) is 11.9. The number of esters is 4. The molecule has 3 unspecified atom stereocenters. The van der Waals surface area contributed by atoms with Crippen LogP contribution in [0.3, 0.4) is 0 Å². The van der Waals surface area contributed by atoms with Crippen molar-refractivity contribution in [2.24, 2.45) is 17.8 Å². The minimum atomic E-state index is -4.96. The van der Waals surface area contributed by atoms with E-state index in [0.29, 0.717) is 25.7 Å². The van der Waals surface area contributed by atoms with Gasteiger partial charge in [0.2, 0.25) is 0 Å². The van der Waals surface area contributed by atoms with Gasteiger partial charge >= 0.3 is 39.5 Å². The minimum absolute atomic E-state index is 0.104. The van der Waals surface area contributed by atoms with Gasteiger partial charge in [-0.25, -0.2) is 9.13 Å². The van der Waals surface area contributed by atoms with Crippen LogP contribution in [-0.4, -0.2) is 96.7 Å². The highest BCUT2D eigenvalue weighted by Gasteiger charge is 2.30. The van der Waals surface area contributed by atoms with E-state index in [1.54, 1.807) is 0 Å². The van der Waals surface area contributed by atoms with E-state index in [1.165, 1.54) is 218 Å².